The Balaban J connectivity index is 1.36. The molecule has 1 heterocycles. The zero-order valence-corrected chi connectivity index (χ0v) is 21.2. The van der Waals surface area contributed by atoms with Crippen molar-refractivity contribution >= 4 is 10.8 Å². The van der Waals surface area contributed by atoms with E-state index in [-0.39, 0.29) is 0 Å². The molecule has 1 N–H and O–H groups in total. The summed E-state index contributed by atoms with van der Waals surface area (Å²) in [7, 11) is 0. The van der Waals surface area contributed by atoms with Crippen LogP contribution >= 0.6 is 0 Å². The Morgan fingerprint density at radius 2 is 1.47 bits per heavy atom. The number of benzene rings is 4. The van der Waals surface area contributed by atoms with Crippen LogP contribution in [0, 0.1) is 0 Å². The van der Waals surface area contributed by atoms with E-state index < -0.39 is 5.60 Å². The summed E-state index contributed by atoms with van der Waals surface area (Å²) >= 11 is 0. The van der Waals surface area contributed by atoms with Crippen LogP contribution < -0.4 is 9.47 Å². The van der Waals surface area contributed by atoms with Crippen LogP contribution in [0.3, 0.4) is 0 Å². The molecule has 0 aliphatic carbocycles. The Labute approximate surface area is 214 Å². The molecule has 4 nitrogen and oxygen atoms in total. The summed E-state index contributed by atoms with van der Waals surface area (Å²) in [6.07, 6.45) is 3.95. The number of hydrogen-bond acceptors (Lipinski definition) is 4. The lowest BCUT2D eigenvalue weighted by Gasteiger charge is -2.26. The van der Waals surface area contributed by atoms with Crippen LogP contribution in [0.5, 0.6) is 17.2 Å². The normalized spacial score (nSPS) is 14.6. The van der Waals surface area contributed by atoms with Gasteiger partial charge in [-0.1, -0.05) is 61.0 Å². The van der Waals surface area contributed by atoms with Gasteiger partial charge in [0.2, 0.25) is 0 Å². The Hall–Kier alpha value is -3.34. The highest BCUT2D eigenvalue weighted by Crippen LogP contribution is 2.40. The zero-order chi connectivity index (χ0) is 25.0. The van der Waals surface area contributed by atoms with Crippen LogP contribution in [-0.2, 0) is 5.60 Å². The summed E-state index contributed by atoms with van der Waals surface area (Å²) in [6.45, 7) is 7.65. The van der Waals surface area contributed by atoms with E-state index >= 15 is 0 Å². The Morgan fingerprint density at radius 1 is 0.778 bits per heavy atom. The minimum absolute atomic E-state index is 0.703. The van der Waals surface area contributed by atoms with Gasteiger partial charge in [-0.2, -0.15) is 0 Å². The molecule has 0 unspecified atom stereocenters. The molecule has 1 saturated heterocycles. The van der Waals surface area contributed by atoms with Crippen molar-refractivity contribution in [3.63, 3.8) is 0 Å². The van der Waals surface area contributed by atoms with Gasteiger partial charge in [-0.05, 0) is 86.6 Å². The van der Waals surface area contributed by atoms with E-state index in [9.17, 15) is 5.11 Å². The van der Waals surface area contributed by atoms with E-state index in [4.69, 9.17) is 9.47 Å². The third-order valence-corrected chi connectivity index (χ3v) is 6.95. The first kappa shape index (κ1) is 24.4. The molecule has 4 aromatic rings. The van der Waals surface area contributed by atoms with Crippen LogP contribution in [0.1, 0.15) is 38.7 Å². The molecule has 0 amide bonds. The van der Waals surface area contributed by atoms with Crippen LogP contribution in [0.4, 0.5) is 0 Å². The maximum atomic E-state index is 10.3. The summed E-state index contributed by atoms with van der Waals surface area (Å²) < 4.78 is 12.5. The molecule has 0 spiro atoms. The van der Waals surface area contributed by atoms with Crippen LogP contribution in [-0.4, -0.2) is 36.2 Å². The average Bonchev–Trinajstić information content (AvgIpc) is 2.90. The first-order valence-corrected chi connectivity index (χ1v) is 13.0. The van der Waals surface area contributed by atoms with Gasteiger partial charge in [-0.15, -0.1) is 0 Å². The summed E-state index contributed by atoms with van der Waals surface area (Å²) in [5.41, 5.74) is 2.06. The van der Waals surface area contributed by atoms with Crippen molar-refractivity contribution in [1.82, 2.24) is 4.90 Å². The summed E-state index contributed by atoms with van der Waals surface area (Å²) in [5.74, 6) is 2.45. The first-order chi connectivity index (χ1) is 17.5. The zero-order valence-electron chi connectivity index (χ0n) is 21.2. The lowest BCUT2D eigenvalue weighted by atomic mass is 9.94. The fourth-order valence-electron chi connectivity index (χ4n) is 4.84. The minimum Gasteiger partial charge on any atom is -0.492 e. The molecule has 0 saturated carbocycles. The van der Waals surface area contributed by atoms with Crippen molar-refractivity contribution < 1.29 is 14.6 Å². The number of ether oxygens (including phenoxy) is 2. The topological polar surface area (TPSA) is 41.9 Å². The summed E-state index contributed by atoms with van der Waals surface area (Å²) in [5, 5.41) is 12.5. The highest BCUT2D eigenvalue weighted by atomic mass is 16.5. The molecule has 0 atom stereocenters. The number of nitrogens with zero attached hydrogens (tertiary/aromatic N) is 1. The van der Waals surface area contributed by atoms with E-state index in [1.54, 1.807) is 13.8 Å². The Bertz CT molecular complexity index is 1280. The van der Waals surface area contributed by atoms with Crippen LogP contribution in [0.15, 0.2) is 84.9 Å². The molecule has 186 valence electrons. The van der Waals surface area contributed by atoms with Crippen LogP contribution in [0.2, 0.25) is 0 Å². The van der Waals surface area contributed by atoms with Gasteiger partial charge in [0, 0.05) is 17.5 Å². The van der Waals surface area contributed by atoms with Gasteiger partial charge in [-0.25, -0.2) is 0 Å². The lowest BCUT2D eigenvalue weighted by Crippen LogP contribution is -2.33. The third-order valence-electron chi connectivity index (χ3n) is 6.95. The van der Waals surface area contributed by atoms with Crippen molar-refractivity contribution in [3.05, 3.63) is 90.5 Å². The molecule has 0 aromatic heterocycles. The molecule has 5 rings (SSSR count). The molecule has 4 aromatic carbocycles. The van der Waals surface area contributed by atoms with Crippen molar-refractivity contribution in [2.45, 2.75) is 38.7 Å². The Morgan fingerprint density at radius 3 is 2.19 bits per heavy atom. The highest BCUT2D eigenvalue weighted by molar-refractivity contribution is 5.95. The number of likely N-dealkylation sites (tertiary alicyclic amines) is 1. The number of hydrogen-bond donors (Lipinski definition) is 1. The second-order valence-corrected chi connectivity index (χ2v) is 10.1. The third kappa shape index (κ3) is 5.72. The van der Waals surface area contributed by atoms with Gasteiger partial charge in [0.15, 0.2) is 0 Å². The summed E-state index contributed by atoms with van der Waals surface area (Å²) in [4.78, 5) is 2.48. The van der Waals surface area contributed by atoms with Gasteiger partial charge >= 0.3 is 0 Å². The van der Waals surface area contributed by atoms with E-state index in [1.807, 2.05) is 60.7 Å². The quantitative estimate of drug-likeness (QED) is 0.285. The first-order valence-electron chi connectivity index (χ1n) is 13.0. The smallest absolute Gasteiger partial charge is 0.143 e. The standard InChI is InChI=1S/C32H35NO3/c1-32(2,34)26-13-10-25(11-14-26)30-19-12-24-8-4-5-9-29(24)31(30)36-28-17-15-27(16-18-28)35-23-22-33-20-6-3-7-21-33/h4-5,8-19,34H,3,6-7,20-23H2,1-2H3. The van der Waals surface area contributed by atoms with Gasteiger partial charge in [0.25, 0.3) is 0 Å². The van der Waals surface area contributed by atoms with E-state index in [2.05, 4.69) is 29.2 Å². The number of rotatable bonds is 8. The molecule has 36 heavy (non-hydrogen) atoms. The van der Waals surface area contributed by atoms with Gasteiger partial charge < -0.3 is 14.6 Å². The molecule has 0 bridgehead atoms. The predicted octanol–water partition coefficient (Wildman–Crippen LogP) is 7.39. The number of fused-ring (bicyclic) bond motifs is 1. The average molecular weight is 482 g/mol. The maximum absolute atomic E-state index is 10.3. The lowest BCUT2D eigenvalue weighted by molar-refractivity contribution is 0.0786. The summed E-state index contributed by atoms with van der Waals surface area (Å²) in [6, 6.07) is 28.5. The maximum Gasteiger partial charge on any atom is 0.143 e. The molecule has 4 heteroatoms. The Kier molecular flexibility index (Phi) is 7.26. The number of aliphatic hydroxyl groups is 1. The van der Waals surface area contributed by atoms with Gasteiger partial charge in [-0.3, -0.25) is 4.90 Å². The fourth-order valence-corrected chi connectivity index (χ4v) is 4.84. The van der Waals surface area contributed by atoms with Crippen molar-refractivity contribution in [2.75, 3.05) is 26.2 Å². The van der Waals surface area contributed by atoms with Crippen molar-refractivity contribution in [1.29, 1.82) is 0 Å². The van der Waals surface area contributed by atoms with Gasteiger partial charge in [0.05, 0.1) is 5.60 Å². The second kappa shape index (κ2) is 10.7. The van der Waals surface area contributed by atoms with Crippen molar-refractivity contribution in [3.8, 4) is 28.4 Å². The predicted molar refractivity (Wildman–Crippen MR) is 147 cm³/mol. The molecule has 1 aliphatic rings. The van der Waals surface area contributed by atoms with E-state index in [0.717, 1.165) is 51.3 Å². The molecular formula is C32H35NO3. The SMILES string of the molecule is CC(C)(O)c1ccc(-c2ccc3ccccc3c2Oc2ccc(OCCN3CCCCC3)cc2)cc1. The molecule has 1 aliphatic heterocycles. The number of piperidine rings is 1. The van der Waals surface area contributed by atoms with Crippen molar-refractivity contribution in [2.24, 2.45) is 0 Å². The monoisotopic (exact) mass is 481 g/mol. The highest BCUT2D eigenvalue weighted by Gasteiger charge is 2.17. The second-order valence-electron chi connectivity index (χ2n) is 10.1. The van der Waals surface area contributed by atoms with Crippen LogP contribution in [0.25, 0.3) is 21.9 Å². The molecule has 1 fully saturated rings. The largest absolute Gasteiger partial charge is 0.492 e. The molecule has 0 radical (unpaired) electrons. The fraction of sp³-hybridized carbons (Fsp3) is 0.312. The van der Waals surface area contributed by atoms with Gasteiger partial charge in [0.1, 0.15) is 23.9 Å². The minimum atomic E-state index is -0.876. The molecular weight excluding hydrogens is 446 g/mol. The van der Waals surface area contributed by atoms with E-state index in [0.29, 0.717) is 6.61 Å². The van der Waals surface area contributed by atoms with E-state index in [1.165, 1.54) is 32.4 Å².